The molecule has 0 amide bonds. The van der Waals surface area contributed by atoms with Crippen molar-refractivity contribution in [2.45, 2.75) is 39.2 Å². The second-order valence-electron chi connectivity index (χ2n) is 4.80. The van der Waals surface area contributed by atoms with Crippen molar-refractivity contribution >= 4 is 11.8 Å². The molecule has 0 aromatic carbocycles. The normalized spacial score (nSPS) is 19.5. The first-order valence-electron chi connectivity index (χ1n) is 5.37. The van der Waals surface area contributed by atoms with Crippen LogP contribution in [0.4, 0.5) is 11.8 Å². The number of nitrogen functional groups attached to an aromatic ring is 1. The third-order valence-electron chi connectivity index (χ3n) is 3.12. The molecule has 0 unspecified atom stereocenters. The summed E-state index contributed by atoms with van der Waals surface area (Å²) in [6, 6.07) is 0. The summed E-state index contributed by atoms with van der Waals surface area (Å²) in [4.78, 5) is 10.7. The molecule has 1 aromatic heterocycles. The van der Waals surface area contributed by atoms with Crippen LogP contribution in [0, 0.1) is 6.92 Å². The average Bonchev–Trinajstić information content (AvgIpc) is 2.50. The molecule has 1 saturated heterocycles. The van der Waals surface area contributed by atoms with Gasteiger partial charge in [-0.2, -0.15) is 4.98 Å². The number of aryl methyl sites for hydroxylation is 1. The summed E-state index contributed by atoms with van der Waals surface area (Å²) < 4.78 is 0. The fourth-order valence-electron chi connectivity index (χ4n) is 2.22. The van der Waals surface area contributed by atoms with Gasteiger partial charge >= 0.3 is 0 Å². The zero-order valence-electron chi connectivity index (χ0n) is 9.62. The van der Waals surface area contributed by atoms with E-state index in [1.807, 2.05) is 6.92 Å². The minimum atomic E-state index is 0.186. The Bertz CT molecular complexity index is 373. The molecule has 1 aromatic rings. The molecular formula is C11H18N4. The van der Waals surface area contributed by atoms with Gasteiger partial charge in [0.15, 0.2) is 0 Å². The van der Waals surface area contributed by atoms with Crippen LogP contribution >= 0.6 is 0 Å². The van der Waals surface area contributed by atoms with Crippen molar-refractivity contribution in [2.24, 2.45) is 0 Å². The summed E-state index contributed by atoms with van der Waals surface area (Å²) in [7, 11) is 0. The third-order valence-corrected chi connectivity index (χ3v) is 3.12. The highest BCUT2D eigenvalue weighted by Crippen LogP contribution is 2.33. The molecule has 1 fully saturated rings. The maximum atomic E-state index is 5.63. The van der Waals surface area contributed by atoms with Gasteiger partial charge in [0.05, 0.1) is 0 Å². The van der Waals surface area contributed by atoms with Crippen LogP contribution in [0.1, 0.15) is 32.3 Å². The number of hydrogen-bond donors (Lipinski definition) is 1. The predicted molar refractivity (Wildman–Crippen MR) is 61.8 cm³/mol. The first kappa shape index (κ1) is 10.2. The largest absolute Gasteiger partial charge is 0.368 e. The van der Waals surface area contributed by atoms with Crippen molar-refractivity contribution in [3.05, 3.63) is 11.8 Å². The summed E-state index contributed by atoms with van der Waals surface area (Å²) in [6.07, 6.45) is 4.22. The van der Waals surface area contributed by atoms with Crippen molar-refractivity contribution in [3.8, 4) is 0 Å². The number of hydrogen-bond acceptors (Lipinski definition) is 4. The highest BCUT2D eigenvalue weighted by molar-refractivity contribution is 5.51. The molecule has 0 bridgehead atoms. The van der Waals surface area contributed by atoms with E-state index in [1.54, 1.807) is 6.20 Å². The molecule has 4 nitrogen and oxygen atoms in total. The molecule has 0 spiro atoms. The highest BCUT2D eigenvalue weighted by atomic mass is 15.3. The minimum absolute atomic E-state index is 0.186. The van der Waals surface area contributed by atoms with Crippen molar-refractivity contribution in [2.75, 3.05) is 17.2 Å². The molecular weight excluding hydrogens is 188 g/mol. The van der Waals surface area contributed by atoms with Crippen molar-refractivity contribution < 1.29 is 0 Å². The summed E-state index contributed by atoms with van der Waals surface area (Å²) in [5.74, 6) is 1.35. The molecule has 2 N–H and O–H groups in total. The minimum Gasteiger partial charge on any atom is -0.368 e. The molecule has 0 saturated carbocycles. The van der Waals surface area contributed by atoms with Crippen LogP contribution in [-0.2, 0) is 0 Å². The van der Waals surface area contributed by atoms with E-state index in [-0.39, 0.29) is 5.54 Å². The van der Waals surface area contributed by atoms with E-state index in [9.17, 15) is 0 Å². The molecule has 4 heteroatoms. The van der Waals surface area contributed by atoms with Gasteiger partial charge in [-0.1, -0.05) is 0 Å². The first-order valence-corrected chi connectivity index (χ1v) is 5.37. The maximum Gasteiger partial charge on any atom is 0.221 e. The average molecular weight is 206 g/mol. The van der Waals surface area contributed by atoms with E-state index in [4.69, 9.17) is 5.73 Å². The summed E-state index contributed by atoms with van der Waals surface area (Å²) in [5.41, 5.74) is 6.92. The van der Waals surface area contributed by atoms with Gasteiger partial charge in [0.1, 0.15) is 5.82 Å². The summed E-state index contributed by atoms with van der Waals surface area (Å²) in [6.45, 7) is 7.59. The summed E-state index contributed by atoms with van der Waals surface area (Å²) >= 11 is 0. The van der Waals surface area contributed by atoms with Gasteiger partial charge < -0.3 is 10.6 Å². The Morgan fingerprint density at radius 2 is 2.20 bits per heavy atom. The number of rotatable bonds is 1. The van der Waals surface area contributed by atoms with Crippen LogP contribution < -0.4 is 10.6 Å². The second-order valence-corrected chi connectivity index (χ2v) is 4.80. The zero-order chi connectivity index (χ0) is 11.1. The molecule has 0 atom stereocenters. The lowest BCUT2D eigenvalue weighted by Gasteiger charge is -2.33. The number of nitrogens with zero attached hydrogens (tertiary/aromatic N) is 3. The van der Waals surface area contributed by atoms with Crippen LogP contribution in [-0.4, -0.2) is 22.1 Å². The zero-order valence-corrected chi connectivity index (χ0v) is 9.62. The smallest absolute Gasteiger partial charge is 0.221 e. The van der Waals surface area contributed by atoms with E-state index in [0.717, 1.165) is 17.9 Å². The quantitative estimate of drug-likeness (QED) is 0.760. The SMILES string of the molecule is Cc1cnc(N)nc1N1CCCC1(C)C. The summed E-state index contributed by atoms with van der Waals surface area (Å²) in [5, 5.41) is 0. The van der Waals surface area contributed by atoms with Gasteiger partial charge in [-0.25, -0.2) is 4.98 Å². The van der Waals surface area contributed by atoms with Crippen LogP contribution in [0.15, 0.2) is 6.20 Å². The van der Waals surface area contributed by atoms with Gasteiger partial charge in [-0.3, -0.25) is 0 Å². The molecule has 82 valence electrons. The van der Waals surface area contributed by atoms with Crippen LogP contribution in [0.3, 0.4) is 0 Å². The second kappa shape index (κ2) is 3.36. The third kappa shape index (κ3) is 1.76. The van der Waals surface area contributed by atoms with Gasteiger partial charge in [-0.05, 0) is 33.6 Å². The monoisotopic (exact) mass is 206 g/mol. The van der Waals surface area contributed by atoms with Gasteiger partial charge in [-0.15, -0.1) is 0 Å². The molecule has 0 aliphatic carbocycles. The van der Waals surface area contributed by atoms with Gasteiger partial charge in [0.25, 0.3) is 0 Å². The maximum absolute atomic E-state index is 5.63. The lowest BCUT2D eigenvalue weighted by Crippen LogP contribution is -2.39. The fraction of sp³-hybridized carbons (Fsp3) is 0.636. The Labute approximate surface area is 90.5 Å². The first-order chi connectivity index (χ1) is 7.00. The van der Waals surface area contributed by atoms with E-state index >= 15 is 0 Å². The Morgan fingerprint density at radius 3 is 2.80 bits per heavy atom. The Morgan fingerprint density at radius 1 is 1.47 bits per heavy atom. The Balaban J connectivity index is 2.40. The molecule has 15 heavy (non-hydrogen) atoms. The lowest BCUT2D eigenvalue weighted by molar-refractivity contribution is 0.513. The van der Waals surface area contributed by atoms with E-state index in [1.165, 1.54) is 12.8 Å². The topological polar surface area (TPSA) is 55.0 Å². The van der Waals surface area contributed by atoms with Gasteiger partial charge in [0.2, 0.25) is 5.95 Å². The number of nitrogens with two attached hydrogens (primary N) is 1. The van der Waals surface area contributed by atoms with Crippen molar-refractivity contribution in [3.63, 3.8) is 0 Å². The van der Waals surface area contributed by atoms with Crippen molar-refractivity contribution in [1.29, 1.82) is 0 Å². The van der Waals surface area contributed by atoms with E-state index < -0.39 is 0 Å². The number of anilines is 2. The molecule has 2 rings (SSSR count). The highest BCUT2D eigenvalue weighted by Gasteiger charge is 2.33. The van der Waals surface area contributed by atoms with E-state index in [2.05, 4.69) is 28.7 Å². The standard InChI is InChI=1S/C11H18N4/c1-8-7-13-10(12)14-9(8)15-6-4-5-11(15,2)3/h7H,4-6H2,1-3H3,(H2,12,13,14). The molecule has 0 radical (unpaired) electrons. The van der Waals surface area contributed by atoms with E-state index in [0.29, 0.717) is 5.95 Å². The number of aromatic nitrogens is 2. The van der Waals surface area contributed by atoms with Crippen LogP contribution in [0.25, 0.3) is 0 Å². The van der Waals surface area contributed by atoms with Crippen LogP contribution in [0.2, 0.25) is 0 Å². The lowest BCUT2D eigenvalue weighted by atomic mass is 10.0. The molecule has 1 aliphatic rings. The Hall–Kier alpha value is -1.32. The fourth-order valence-corrected chi connectivity index (χ4v) is 2.22. The van der Waals surface area contributed by atoms with Crippen molar-refractivity contribution in [1.82, 2.24) is 9.97 Å². The Kier molecular flexibility index (Phi) is 2.29. The van der Waals surface area contributed by atoms with Gasteiger partial charge in [0, 0.05) is 23.8 Å². The predicted octanol–water partition coefficient (Wildman–Crippen LogP) is 1.75. The molecule has 1 aliphatic heterocycles. The molecule has 2 heterocycles. The van der Waals surface area contributed by atoms with Crippen LogP contribution in [0.5, 0.6) is 0 Å².